The summed E-state index contributed by atoms with van der Waals surface area (Å²) in [6, 6.07) is 16.2. The van der Waals surface area contributed by atoms with Gasteiger partial charge in [0.05, 0.1) is 13.2 Å². The van der Waals surface area contributed by atoms with Gasteiger partial charge < -0.3 is 14.8 Å². The molecule has 2 atom stereocenters. The average Bonchev–Trinajstić information content (AvgIpc) is 2.54. The summed E-state index contributed by atoms with van der Waals surface area (Å²) in [4.78, 5) is 2.05. The molecule has 0 amide bonds. The van der Waals surface area contributed by atoms with Crippen molar-refractivity contribution >= 4 is 23.0 Å². The lowest BCUT2D eigenvalue weighted by Crippen LogP contribution is -2.65. The van der Waals surface area contributed by atoms with Crippen molar-refractivity contribution in [2.45, 2.75) is 25.1 Å². The summed E-state index contributed by atoms with van der Waals surface area (Å²) in [5, 5.41) is 4.13. The number of thiocarbonyl (C=S) groups is 1. The van der Waals surface area contributed by atoms with Gasteiger partial charge in [-0.05, 0) is 37.3 Å². The van der Waals surface area contributed by atoms with Crippen molar-refractivity contribution in [1.29, 1.82) is 0 Å². The summed E-state index contributed by atoms with van der Waals surface area (Å²) in [6.07, 6.45) is 0.808. The Hall–Kier alpha value is -2.27. The van der Waals surface area contributed by atoms with E-state index < -0.39 is 5.72 Å². The first-order valence-corrected chi connectivity index (χ1v) is 8.05. The van der Waals surface area contributed by atoms with Crippen LogP contribution in [0.25, 0.3) is 0 Å². The SMILES string of the molecule is COc1cccc2c1OC1(C)CC2NC(=S)N1c1ccccc1. The van der Waals surface area contributed by atoms with Crippen LogP contribution in [0.2, 0.25) is 0 Å². The molecule has 1 saturated heterocycles. The van der Waals surface area contributed by atoms with E-state index in [-0.39, 0.29) is 6.04 Å². The highest BCUT2D eigenvalue weighted by molar-refractivity contribution is 7.80. The molecule has 0 aliphatic carbocycles. The van der Waals surface area contributed by atoms with Gasteiger partial charge in [0, 0.05) is 17.7 Å². The molecule has 23 heavy (non-hydrogen) atoms. The van der Waals surface area contributed by atoms with Crippen LogP contribution in [0.5, 0.6) is 11.5 Å². The Balaban J connectivity index is 1.83. The Bertz CT molecular complexity index is 765. The fraction of sp³-hybridized carbons (Fsp3) is 0.278. The number of methoxy groups -OCH3 is 1. The van der Waals surface area contributed by atoms with Crippen molar-refractivity contribution in [2.24, 2.45) is 0 Å². The third kappa shape index (κ3) is 2.15. The number of rotatable bonds is 2. The van der Waals surface area contributed by atoms with Crippen LogP contribution in [-0.2, 0) is 0 Å². The maximum atomic E-state index is 6.42. The van der Waals surface area contributed by atoms with Gasteiger partial charge in [0.1, 0.15) is 0 Å². The summed E-state index contributed by atoms with van der Waals surface area (Å²) in [5.74, 6) is 1.55. The number of para-hydroxylation sites is 2. The van der Waals surface area contributed by atoms with E-state index in [1.807, 2.05) is 47.4 Å². The van der Waals surface area contributed by atoms with E-state index in [0.717, 1.165) is 29.2 Å². The number of nitrogens with zero attached hydrogens (tertiary/aromatic N) is 1. The maximum Gasteiger partial charge on any atom is 0.188 e. The van der Waals surface area contributed by atoms with Crippen molar-refractivity contribution in [1.82, 2.24) is 5.32 Å². The Labute approximate surface area is 141 Å². The first kappa shape index (κ1) is 14.3. The van der Waals surface area contributed by atoms with Gasteiger partial charge in [0.15, 0.2) is 22.3 Å². The number of hydrogen-bond donors (Lipinski definition) is 1. The minimum absolute atomic E-state index is 0.131. The molecule has 2 unspecified atom stereocenters. The van der Waals surface area contributed by atoms with E-state index in [1.54, 1.807) is 7.11 Å². The first-order valence-electron chi connectivity index (χ1n) is 7.64. The number of anilines is 1. The van der Waals surface area contributed by atoms with E-state index in [2.05, 4.69) is 18.3 Å². The van der Waals surface area contributed by atoms with Gasteiger partial charge in [-0.3, -0.25) is 4.90 Å². The fourth-order valence-electron chi connectivity index (χ4n) is 3.49. The van der Waals surface area contributed by atoms with Gasteiger partial charge in [-0.15, -0.1) is 0 Å². The minimum atomic E-state index is -0.546. The van der Waals surface area contributed by atoms with Gasteiger partial charge >= 0.3 is 0 Å². The number of nitrogens with one attached hydrogen (secondary N) is 1. The molecule has 2 aliphatic rings. The van der Waals surface area contributed by atoms with E-state index in [1.165, 1.54) is 0 Å². The lowest BCUT2D eigenvalue weighted by Gasteiger charge is -2.52. The smallest absolute Gasteiger partial charge is 0.188 e. The molecule has 4 rings (SSSR count). The molecule has 2 aromatic rings. The highest BCUT2D eigenvalue weighted by Gasteiger charge is 2.49. The largest absolute Gasteiger partial charge is 0.493 e. The highest BCUT2D eigenvalue weighted by Crippen LogP contribution is 2.48. The van der Waals surface area contributed by atoms with Gasteiger partial charge in [-0.25, -0.2) is 0 Å². The molecule has 118 valence electrons. The Morgan fingerprint density at radius 3 is 2.74 bits per heavy atom. The molecule has 0 saturated carbocycles. The molecule has 2 heterocycles. The zero-order chi connectivity index (χ0) is 16.0. The van der Waals surface area contributed by atoms with Gasteiger partial charge in [0.2, 0.25) is 0 Å². The third-order valence-corrected chi connectivity index (χ3v) is 4.80. The second kappa shape index (κ2) is 5.13. The normalized spacial score (nSPS) is 25.2. The monoisotopic (exact) mass is 326 g/mol. The predicted octanol–water partition coefficient (Wildman–Crippen LogP) is 3.63. The van der Waals surface area contributed by atoms with Crippen LogP contribution >= 0.6 is 12.2 Å². The van der Waals surface area contributed by atoms with E-state index in [9.17, 15) is 0 Å². The Kier molecular flexibility index (Phi) is 3.20. The maximum absolute atomic E-state index is 6.42. The molecule has 0 spiro atoms. The molecule has 2 bridgehead atoms. The molecule has 1 fully saturated rings. The molecular formula is C18H18N2O2S. The lowest BCUT2D eigenvalue weighted by molar-refractivity contribution is 0.0464. The number of hydrogen-bond acceptors (Lipinski definition) is 3. The second-order valence-corrected chi connectivity index (χ2v) is 6.42. The summed E-state index contributed by atoms with van der Waals surface area (Å²) >= 11 is 5.63. The zero-order valence-electron chi connectivity index (χ0n) is 13.1. The molecular weight excluding hydrogens is 308 g/mol. The van der Waals surface area contributed by atoms with E-state index in [0.29, 0.717) is 5.11 Å². The highest BCUT2D eigenvalue weighted by atomic mass is 32.1. The molecule has 2 aromatic carbocycles. The van der Waals surface area contributed by atoms with Crippen molar-refractivity contribution in [3.8, 4) is 11.5 Å². The summed E-state index contributed by atoms with van der Waals surface area (Å²) in [7, 11) is 1.67. The minimum Gasteiger partial charge on any atom is -0.493 e. The van der Waals surface area contributed by atoms with Crippen LogP contribution in [0, 0.1) is 0 Å². The van der Waals surface area contributed by atoms with E-state index >= 15 is 0 Å². The average molecular weight is 326 g/mol. The summed E-state index contributed by atoms with van der Waals surface area (Å²) in [5.41, 5.74) is 1.57. The number of ether oxygens (including phenoxy) is 2. The Morgan fingerprint density at radius 2 is 2.00 bits per heavy atom. The van der Waals surface area contributed by atoms with E-state index in [4.69, 9.17) is 21.7 Å². The van der Waals surface area contributed by atoms with Crippen LogP contribution in [-0.4, -0.2) is 17.9 Å². The number of fused-ring (bicyclic) bond motifs is 4. The topological polar surface area (TPSA) is 33.7 Å². The van der Waals surface area contributed by atoms with Crippen molar-refractivity contribution in [3.63, 3.8) is 0 Å². The zero-order valence-corrected chi connectivity index (χ0v) is 13.9. The molecule has 0 radical (unpaired) electrons. The molecule has 5 heteroatoms. The molecule has 1 N–H and O–H groups in total. The van der Waals surface area contributed by atoms with Crippen molar-refractivity contribution < 1.29 is 9.47 Å². The third-order valence-electron chi connectivity index (χ3n) is 4.50. The van der Waals surface area contributed by atoms with Crippen LogP contribution in [0.15, 0.2) is 48.5 Å². The van der Waals surface area contributed by atoms with Gasteiger partial charge in [-0.1, -0.05) is 30.3 Å². The summed E-state index contributed by atoms with van der Waals surface area (Å²) in [6.45, 7) is 2.08. The van der Waals surface area contributed by atoms with Crippen LogP contribution in [0.3, 0.4) is 0 Å². The van der Waals surface area contributed by atoms with Crippen LogP contribution in [0.1, 0.15) is 24.9 Å². The quantitative estimate of drug-likeness (QED) is 0.852. The predicted molar refractivity (Wildman–Crippen MR) is 94.0 cm³/mol. The summed E-state index contributed by atoms with van der Waals surface area (Å²) < 4.78 is 11.9. The molecule has 4 nitrogen and oxygen atoms in total. The van der Waals surface area contributed by atoms with Crippen LogP contribution in [0.4, 0.5) is 5.69 Å². The standard InChI is InChI=1S/C18H18N2O2S/c1-18-11-14(13-9-6-10-15(21-2)16(13)22-18)19-17(23)20(18)12-7-4-3-5-8-12/h3-10,14H,11H2,1-2H3,(H,19,23). The van der Waals surface area contributed by atoms with Gasteiger partial charge in [0.25, 0.3) is 0 Å². The lowest BCUT2D eigenvalue weighted by atomic mass is 9.90. The first-order chi connectivity index (χ1) is 11.1. The Morgan fingerprint density at radius 1 is 1.22 bits per heavy atom. The van der Waals surface area contributed by atoms with Crippen LogP contribution < -0.4 is 19.7 Å². The van der Waals surface area contributed by atoms with Gasteiger partial charge in [-0.2, -0.15) is 0 Å². The molecule has 2 aliphatic heterocycles. The molecule has 0 aromatic heterocycles. The fourth-order valence-corrected chi connectivity index (χ4v) is 3.93. The second-order valence-electron chi connectivity index (χ2n) is 6.03. The number of benzene rings is 2. The van der Waals surface area contributed by atoms with Crippen molar-refractivity contribution in [2.75, 3.05) is 12.0 Å². The van der Waals surface area contributed by atoms with Crippen molar-refractivity contribution in [3.05, 3.63) is 54.1 Å².